The van der Waals surface area contributed by atoms with Gasteiger partial charge in [-0.3, -0.25) is 5.10 Å². The molecule has 3 aromatic rings. The fourth-order valence-electron chi connectivity index (χ4n) is 2.75. The van der Waals surface area contributed by atoms with Crippen molar-refractivity contribution in [3.63, 3.8) is 0 Å². The van der Waals surface area contributed by atoms with Gasteiger partial charge in [0.2, 0.25) is 0 Å². The molecule has 1 atom stereocenters. The lowest BCUT2D eigenvalue weighted by molar-refractivity contribution is 0.104. The van der Waals surface area contributed by atoms with Gasteiger partial charge in [0.25, 0.3) is 0 Å². The smallest absolute Gasteiger partial charge is 0.154 e. The highest BCUT2D eigenvalue weighted by Crippen LogP contribution is 2.39. The standard InChI is InChI=1S/C20H18ClN3O/c1-2-12-20(25,16-6-4-3-5-7-16)18(19-22-14-23-24-19)13-15-8-10-17(21)11-9-15/h2-11,13-14,25H,1,12H2,(H,22,23,24). The van der Waals surface area contributed by atoms with Crippen LogP contribution in [0, 0.1) is 0 Å². The molecule has 2 aromatic carbocycles. The summed E-state index contributed by atoms with van der Waals surface area (Å²) in [4.78, 5) is 4.25. The summed E-state index contributed by atoms with van der Waals surface area (Å²) in [7, 11) is 0. The van der Waals surface area contributed by atoms with Gasteiger partial charge in [0.1, 0.15) is 11.9 Å². The molecule has 1 heterocycles. The van der Waals surface area contributed by atoms with Gasteiger partial charge in [-0.05, 0) is 29.3 Å². The number of benzene rings is 2. The van der Waals surface area contributed by atoms with Crippen LogP contribution in [0.4, 0.5) is 0 Å². The number of H-pyrrole nitrogens is 1. The first-order valence-corrected chi connectivity index (χ1v) is 8.23. The third-order valence-corrected chi connectivity index (χ3v) is 4.24. The maximum atomic E-state index is 11.6. The summed E-state index contributed by atoms with van der Waals surface area (Å²) >= 11 is 5.97. The molecule has 0 fully saturated rings. The van der Waals surface area contributed by atoms with E-state index in [9.17, 15) is 5.11 Å². The fraction of sp³-hybridized carbons (Fsp3) is 0.100. The number of nitrogens with one attached hydrogen (secondary N) is 1. The monoisotopic (exact) mass is 351 g/mol. The molecule has 0 aliphatic rings. The van der Waals surface area contributed by atoms with E-state index < -0.39 is 5.60 Å². The third kappa shape index (κ3) is 3.71. The van der Waals surface area contributed by atoms with Gasteiger partial charge in [0, 0.05) is 17.0 Å². The van der Waals surface area contributed by atoms with Crippen molar-refractivity contribution >= 4 is 23.3 Å². The number of aromatic amines is 1. The Balaban J connectivity index is 2.18. The molecule has 25 heavy (non-hydrogen) atoms. The Morgan fingerprint density at radius 3 is 2.48 bits per heavy atom. The maximum Gasteiger partial charge on any atom is 0.154 e. The van der Waals surface area contributed by atoms with Crippen LogP contribution in [0.3, 0.4) is 0 Å². The second kappa shape index (κ2) is 7.47. The molecule has 2 N–H and O–H groups in total. The number of hydrogen-bond donors (Lipinski definition) is 2. The Bertz CT molecular complexity index is 858. The molecule has 0 aliphatic carbocycles. The van der Waals surface area contributed by atoms with E-state index in [-0.39, 0.29) is 0 Å². The average Bonchev–Trinajstić information content (AvgIpc) is 3.16. The number of hydrogen-bond acceptors (Lipinski definition) is 3. The highest BCUT2D eigenvalue weighted by Gasteiger charge is 2.35. The summed E-state index contributed by atoms with van der Waals surface area (Å²) in [5, 5.41) is 19.0. The first kappa shape index (κ1) is 17.1. The number of nitrogens with zero attached hydrogens (tertiary/aromatic N) is 2. The molecule has 0 spiro atoms. The Labute approximate surface area is 151 Å². The van der Waals surface area contributed by atoms with Gasteiger partial charge in [0.15, 0.2) is 5.82 Å². The zero-order valence-electron chi connectivity index (χ0n) is 13.6. The van der Waals surface area contributed by atoms with E-state index in [2.05, 4.69) is 21.8 Å². The molecular formula is C20H18ClN3O. The van der Waals surface area contributed by atoms with Crippen molar-refractivity contribution in [3.8, 4) is 0 Å². The second-order valence-corrected chi connectivity index (χ2v) is 6.10. The van der Waals surface area contributed by atoms with Crippen molar-refractivity contribution in [1.82, 2.24) is 15.2 Å². The van der Waals surface area contributed by atoms with E-state index in [4.69, 9.17) is 11.6 Å². The van der Waals surface area contributed by atoms with Crippen molar-refractivity contribution in [2.24, 2.45) is 0 Å². The molecule has 0 amide bonds. The SMILES string of the molecule is C=CCC(O)(C(=Cc1ccc(Cl)cc1)c1ncn[nH]1)c1ccccc1. The normalized spacial score (nSPS) is 14.1. The number of aromatic nitrogens is 3. The number of halogens is 1. The quantitative estimate of drug-likeness (QED) is 0.644. The Morgan fingerprint density at radius 1 is 1.16 bits per heavy atom. The Hall–Kier alpha value is -2.69. The summed E-state index contributed by atoms with van der Waals surface area (Å²) < 4.78 is 0. The zero-order chi connectivity index (χ0) is 17.7. The first-order valence-electron chi connectivity index (χ1n) is 7.86. The van der Waals surface area contributed by atoms with Crippen molar-refractivity contribution in [1.29, 1.82) is 0 Å². The van der Waals surface area contributed by atoms with Crippen LogP contribution in [-0.4, -0.2) is 20.3 Å². The lowest BCUT2D eigenvalue weighted by Crippen LogP contribution is -2.27. The Morgan fingerprint density at radius 2 is 1.88 bits per heavy atom. The predicted octanol–water partition coefficient (Wildman–Crippen LogP) is 4.46. The van der Waals surface area contributed by atoms with Gasteiger partial charge < -0.3 is 5.11 Å². The van der Waals surface area contributed by atoms with Gasteiger partial charge >= 0.3 is 0 Å². The van der Waals surface area contributed by atoms with E-state index in [0.717, 1.165) is 11.1 Å². The van der Waals surface area contributed by atoms with Gasteiger partial charge in [0.05, 0.1) is 0 Å². The van der Waals surface area contributed by atoms with Crippen LogP contribution in [-0.2, 0) is 5.60 Å². The van der Waals surface area contributed by atoms with Crippen LogP contribution in [0.2, 0.25) is 5.02 Å². The summed E-state index contributed by atoms with van der Waals surface area (Å²) in [6.45, 7) is 3.80. The maximum absolute atomic E-state index is 11.6. The highest BCUT2D eigenvalue weighted by molar-refractivity contribution is 6.30. The number of aliphatic hydroxyl groups is 1. The number of rotatable bonds is 6. The molecule has 0 radical (unpaired) electrons. The van der Waals surface area contributed by atoms with E-state index in [0.29, 0.717) is 22.8 Å². The van der Waals surface area contributed by atoms with E-state index in [1.165, 1.54) is 6.33 Å². The van der Waals surface area contributed by atoms with E-state index in [1.54, 1.807) is 18.2 Å². The van der Waals surface area contributed by atoms with Crippen molar-refractivity contribution in [2.45, 2.75) is 12.0 Å². The van der Waals surface area contributed by atoms with Crippen molar-refractivity contribution in [3.05, 3.63) is 95.6 Å². The molecule has 1 aromatic heterocycles. The van der Waals surface area contributed by atoms with Gasteiger partial charge in [-0.2, -0.15) is 5.10 Å². The van der Waals surface area contributed by atoms with Crippen LogP contribution in [0.1, 0.15) is 23.4 Å². The lowest BCUT2D eigenvalue weighted by Gasteiger charge is -2.29. The Kier molecular flexibility index (Phi) is 5.12. The van der Waals surface area contributed by atoms with E-state index in [1.807, 2.05) is 48.5 Å². The molecule has 3 rings (SSSR count). The fourth-order valence-corrected chi connectivity index (χ4v) is 2.88. The van der Waals surface area contributed by atoms with Gasteiger partial charge in [-0.25, -0.2) is 4.98 Å². The molecule has 4 nitrogen and oxygen atoms in total. The second-order valence-electron chi connectivity index (χ2n) is 5.66. The minimum absolute atomic E-state index is 0.330. The average molecular weight is 352 g/mol. The molecular weight excluding hydrogens is 334 g/mol. The molecule has 0 saturated carbocycles. The summed E-state index contributed by atoms with van der Waals surface area (Å²) in [5.41, 5.74) is 0.974. The van der Waals surface area contributed by atoms with E-state index >= 15 is 0 Å². The molecule has 1 unspecified atom stereocenters. The lowest BCUT2D eigenvalue weighted by atomic mass is 9.82. The summed E-state index contributed by atoms with van der Waals surface area (Å²) in [6, 6.07) is 16.9. The minimum atomic E-state index is -1.29. The topological polar surface area (TPSA) is 61.8 Å². The largest absolute Gasteiger partial charge is 0.380 e. The van der Waals surface area contributed by atoms with Crippen LogP contribution in [0.5, 0.6) is 0 Å². The van der Waals surface area contributed by atoms with Gasteiger partial charge in [-0.15, -0.1) is 6.58 Å². The van der Waals surface area contributed by atoms with Gasteiger partial charge in [-0.1, -0.05) is 60.1 Å². The minimum Gasteiger partial charge on any atom is -0.380 e. The molecule has 5 heteroatoms. The van der Waals surface area contributed by atoms with Crippen LogP contribution in [0.15, 0.2) is 73.6 Å². The predicted molar refractivity (Wildman–Crippen MR) is 101 cm³/mol. The summed E-state index contributed by atoms with van der Waals surface area (Å²) in [6.07, 6.45) is 5.33. The van der Waals surface area contributed by atoms with Crippen molar-refractivity contribution in [2.75, 3.05) is 0 Å². The zero-order valence-corrected chi connectivity index (χ0v) is 14.3. The molecule has 0 aliphatic heterocycles. The summed E-state index contributed by atoms with van der Waals surface area (Å²) in [5.74, 6) is 0.503. The van der Waals surface area contributed by atoms with Crippen molar-refractivity contribution < 1.29 is 5.11 Å². The highest BCUT2D eigenvalue weighted by atomic mass is 35.5. The van der Waals surface area contributed by atoms with Crippen LogP contribution < -0.4 is 0 Å². The first-order chi connectivity index (χ1) is 12.1. The molecule has 0 bridgehead atoms. The molecule has 126 valence electrons. The molecule has 0 saturated heterocycles. The van der Waals surface area contributed by atoms with Crippen LogP contribution >= 0.6 is 11.6 Å². The third-order valence-electron chi connectivity index (χ3n) is 3.99. The van der Waals surface area contributed by atoms with Crippen LogP contribution in [0.25, 0.3) is 11.6 Å².